The van der Waals surface area contributed by atoms with Crippen molar-refractivity contribution in [1.29, 1.82) is 0 Å². The summed E-state index contributed by atoms with van der Waals surface area (Å²) in [6, 6.07) is 15.2. The molecule has 3 heteroatoms. The van der Waals surface area contributed by atoms with Crippen molar-refractivity contribution in [1.82, 2.24) is 4.90 Å². The number of benzene rings is 2. The second-order valence-electron chi connectivity index (χ2n) is 5.15. The van der Waals surface area contributed by atoms with Crippen LogP contribution < -0.4 is 5.73 Å². The molecule has 2 rings (SSSR count). The lowest BCUT2D eigenvalue weighted by Gasteiger charge is -2.31. The topological polar surface area (TPSA) is 38.5 Å². The van der Waals surface area contributed by atoms with E-state index in [0.29, 0.717) is 6.54 Å². The Labute approximate surface area is 127 Å². The number of nitrogens with zero attached hydrogens (tertiary/aromatic N) is 1. The average Bonchev–Trinajstić information content (AvgIpc) is 2.54. The van der Waals surface area contributed by atoms with E-state index in [9.17, 15) is 0 Å². The summed E-state index contributed by atoms with van der Waals surface area (Å²) in [4.78, 5) is 2.40. The highest BCUT2D eigenvalue weighted by molar-refractivity contribution is 5.86. The smallest absolute Gasteiger partial charge is 0.0593 e. The van der Waals surface area contributed by atoms with Crippen molar-refractivity contribution in [3.63, 3.8) is 0 Å². The average molecular weight is 286 g/mol. The summed E-state index contributed by atoms with van der Waals surface area (Å²) in [6.45, 7) is 8.23. The van der Waals surface area contributed by atoms with Crippen LogP contribution in [0.15, 0.2) is 42.5 Å². The zero-order chi connectivity index (χ0) is 15.1. The molecule has 2 aromatic carbocycles. The summed E-state index contributed by atoms with van der Waals surface area (Å²) in [5.74, 6) is 0. The van der Waals surface area contributed by atoms with Gasteiger partial charge in [0, 0.05) is 25.7 Å². The Hall–Kier alpha value is -1.42. The van der Waals surface area contributed by atoms with Crippen molar-refractivity contribution >= 4 is 10.8 Å². The highest BCUT2D eigenvalue weighted by Crippen LogP contribution is 2.27. The maximum absolute atomic E-state index is 6.09. The summed E-state index contributed by atoms with van der Waals surface area (Å²) in [5.41, 5.74) is 7.41. The molecule has 0 saturated carbocycles. The number of nitrogens with two attached hydrogens (primary N) is 1. The Balaban J connectivity index is 2.29. The van der Waals surface area contributed by atoms with Gasteiger partial charge in [0.25, 0.3) is 0 Å². The van der Waals surface area contributed by atoms with Crippen LogP contribution in [0.3, 0.4) is 0 Å². The van der Waals surface area contributed by atoms with Gasteiger partial charge in [-0.1, -0.05) is 49.4 Å². The number of hydrogen-bond acceptors (Lipinski definition) is 3. The van der Waals surface area contributed by atoms with Crippen LogP contribution in [0.4, 0.5) is 0 Å². The second-order valence-corrected chi connectivity index (χ2v) is 5.15. The van der Waals surface area contributed by atoms with Crippen LogP contribution in [0, 0.1) is 0 Å². The summed E-state index contributed by atoms with van der Waals surface area (Å²) in [5, 5.41) is 2.57. The standard InChI is InChI=1S/C18H26N2O/c1-3-20(12-13-21-4-2)18(14-19)17-11-7-9-15-8-5-6-10-16(15)17/h5-11,18H,3-4,12-14,19H2,1-2H3. The van der Waals surface area contributed by atoms with Gasteiger partial charge in [-0.05, 0) is 29.8 Å². The number of fused-ring (bicyclic) bond motifs is 1. The van der Waals surface area contributed by atoms with E-state index in [1.54, 1.807) is 0 Å². The van der Waals surface area contributed by atoms with Crippen molar-refractivity contribution in [2.24, 2.45) is 5.73 Å². The van der Waals surface area contributed by atoms with E-state index in [2.05, 4.69) is 54.3 Å². The van der Waals surface area contributed by atoms with Crippen molar-refractivity contribution in [2.75, 3.05) is 32.8 Å². The fraction of sp³-hybridized carbons (Fsp3) is 0.444. The van der Waals surface area contributed by atoms with Crippen LogP contribution in [0.1, 0.15) is 25.5 Å². The molecule has 0 spiro atoms. The van der Waals surface area contributed by atoms with Gasteiger partial charge >= 0.3 is 0 Å². The van der Waals surface area contributed by atoms with E-state index in [-0.39, 0.29) is 6.04 Å². The van der Waals surface area contributed by atoms with E-state index < -0.39 is 0 Å². The molecule has 1 atom stereocenters. The molecular weight excluding hydrogens is 260 g/mol. The Bertz CT molecular complexity index is 550. The van der Waals surface area contributed by atoms with Crippen molar-refractivity contribution in [2.45, 2.75) is 19.9 Å². The van der Waals surface area contributed by atoms with Crippen molar-refractivity contribution in [3.05, 3.63) is 48.0 Å². The zero-order valence-electron chi connectivity index (χ0n) is 13.1. The molecule has 0 aliphatic heterocycles. The third-order valence-corrected chi connectivity index (χ3v) is 3.98. The lowest BCUT2D eigenvalue weighted by molar-refractivity contribution is 0.0983. The Morgan fingerprint density at radius 3 is 2.57 bits per heavy atom. The quantitative estimate of drug-likeness (QED) is 0.757. The van der Waals surface area contributed by atoms with Crippen LogP contribution in [-0.4, -0.2) is 37.7 Å². The maximum Gasteiger partial charge on any atom is 0.0593 e. The predicted octanol–water partition coefficient (Wildman–Crippen LogP) is 3.20. The molecule has 0 amide bonds. The minimum atomic E-state index is 0.238. The zero-order valence-corrected chi connectivity index (χ0v) is 13.1. The molecule has 2 aromatic rings. The van der Waals surface area contributed by atoms with Gasteiger partial charge in [0.2, 0.25) is 0 Å². The van der Waals surface area contributed by atoms with E-state index in [0.717, 1.165) is 26.3 Å². The van der Waals surface area contributed by atoms with Crippen LogP contribution in [0.2, 0.25) is 0 Å². The first-order chi connectivity index (χ1) is 10.3. The van der Waals surface area contributed by atoms with Crippen LogP contribution in [0.5, 0.6) is 0 Å². The Kier molecular flexibility index (Phi) is 6.18. The minimum Gasteiger partial charge on any atom is -0.380 e. The van der Waals surface area contributed by atoms with Crippen LogP contribution in [0.25, 0.3) is 10.8 Å². The number of rotatable bonds is 8. The second kappa shape index (κ2) is 8.13. The molecule has 0 aromatic heterocycles. The first kappa shape index (κ1) is 16.0. The molecule has 1 unspecified atom stereocenters. The molecule has 0 fully saturated rings. The van der Waals surface area contributed by atoms with E-state index in [1.165, 1.54) is 16.3 Å². The number of likely N-dealkylation sites (N-methyl/N-ethyl adjacent to an activating group) is 1. The Morgan fingerprint density at radius 1 is 1.10 bits per heavy atom. The molecule has 0 bridgehead atoms. The fourth-order valence-corrected chi connectivity index (χ4v) is 2.87. The van der Waals surface area contributed by atoms with Gasteiger partial charge in [0.15, 0.2) is 0 Å². The van der Waals surface area contributed by atoms with E-state index >= 15 is 0 Å². The van der Waals surface area contributed by atoms with Gasteiger partial charge < -0.3 is 10.5 Å². The van der Waals surface area contributed by atoms with Gasteiger partial charge in [-0.25, -0.2) is 0 Å². The third-order valence-electron chi connectivity index (χ3n) is 3.98. The summed E-state index contributed by atoms with van der Waals surface area (Å²) in [7, 11) is 0. The van der Waals surface area contributed by atoms with Gasteiger partial charge in [-0.15, -0.1) is 0 Å². The van der Waals surface area contributed by atoms with Gasteiger partial charge in [0.1, 0.15) is 0 Å². The molecule has 0 heterocycles. The maximum atomic E-state index is 6.09. The lowest BCUT2D eigenvalue weighted by atomic mass is 9.97. The van der Waals surface area contributed by atoms with E-state index in [4.69, 9.17) is 10.5 Å². The van der Waals surface area contributed by atoms with Crippen molar-refractivity contribution < 1.29 is 4.74 Å². The highest BCUT2D eigenvalue weighted by Gasteiger charge is 2.19. The summed E-state index contributed by atoms with van der Waals surface area (Å²) < 4.78 is 5.50. The molecule has 0 aliphatic carbocycles. The van der Waals surface area contributed by atoms with Crippen LogP contribution in [-0.2, 0) is 4.74 Å². The van der Waals surface area contributed by atoms with Crippen molar-refractivity contribution in [3.8, 4) is 0 Å². The minimum absolute atomic E-state index is 0.238. The molecule has 21 heavy (non-hydrogen) atoms. The fourth-order valence-electron chi connectivity index (χ4n) is 2.87. The lowest BCUT2D eigenvalue weighted by Crippen LogP contribution is -2.36. The monoisotopic (exact) mass is 286 g/mol. The van der Waals surface area contributed by atoms with Crippen LogP contribution >= 0.6 is 0 Å². The molecule has 0 aliphatic rings. The molecule has 114 valence electrons. The molecular formula is C18H26N2O. The first-order valence-corrected chi connectivity index (χ1v) is 7.81. The number of ether oxygens (including phenoxy) is 1. The summed E-state index contributed by atoms with van der Waals surface area (Å²) in [6.07, 6.45) is 0. The highest BCUT2D eigenvalue weighted by atomic mass is 16.5. The first-order valence-electron chi connectivity index (χ1n) is 7.81. The predicted molar refractivity (Wildman–Crippen MR) is 89.5 cm³/mol. The van der Waals surface area contributed by atoms with Gasteiger partial charge in [-0.2, -0.15) is 0 Å². The molecule has 3 nitrogen and oxygen atoms in total. The molecule has 0 radical (unpaired) electrons. The largest absolute Gasteiger partial charge is 0.380 e. The van der Waals surface area contributed by atoms with Gasteiger partial charge in [0.05, 0.1) is 6.61 Å². The van der Waals surface area contributed by atoms with E-state index in [1.807, 2.05) is 6.92 Å². The number of hydrogen-bond donors (Lipinski definition) is 1. The molecule has 2 N–H and O–H groups in total. The summed E-state index contributed by atoms with van der Waals surface area (Å²) >= 11 is 0. The molecule has 0 saturated heterocycles. The van der Waals surface area contributed by atoms with Gasteiger partial charge in [-0.3, -0.25) is 4.90 Å². The SMILES string of the molecule is CCOCCN(CC)C(CN)c1cccc2ccccc12. The Morgan fingerprint density at radius 2 is 1.86 bits per heavy atom. The third kappa shape index (κ3) is 3.82. The normalized spacial score (nSPS) is 13.0.